The Bertz CT molecular complexity index is 364. The quantitative estimate of drug-likeness (QED) is 0.447. The molecule has 1 unspecified atom stereocenters. The molecule has 0 spiro atoms. The number of hydrogen-bond acceptors (Lipinski definition) is 2. The van der Waals surface area contributed by atoms with Gasteiger partial charge in [0, 0.05) is 0 Å². The van der Waals surface area contributed by atoms with Gasteiger partial charge in [0.25, 0.3) is 0 Å². The van der Waals surface area contributed by atoms with Crippen molar-refractivity contribution in [2.45, 2.75) is 0 Å². The van der Waals surface area contributed by atoms with Crippen molar-refractivity contribution in [3.05, 3.63) is 48.5 Å². The van der Waals surface area contributed by atoms with Gasteiger partial charge in [-0.3, -0.25) is 0 Å². The van der Waals surface area contributed by atoms with Gasteiger partial charge in [0.2, 0.25) is 0 Å². The van der Waals surface area contributed by atoms with E-state index in [1.54, 1.807) is 0 Å². The molecule has 0 radical (unpaired) electrons. The van der Waals surface area contributed by atoms with Gasteiger partial charge < -0.3 is 14.4 Å². The van der Waals surface area contributed by atoms with Crippen LogP contribution in [0.1, 0.15) is 0 Å². The topological polar surface area (TPSA) is 60.4 Å². The SMILES string of the molecule is O=[PH]([O-])O.[Na+].c1ccc2ccccc2c1. The van der Waals surface area contributed by atoms with Crippen molar-refractivity contribution in [2.24, 2.45) is 0 Å². The summed E-state index contributed by atoms with van der Waals surface area (Å²) >= 11 is 0. The fourth-order valence-corrected chi connectivity index (χ4v) is 1.13. The molecule has 0 aliphatic rings. The Morgan fingerprint density at radius 3 is 1.33 bits per heavy atom. The van der Waals surface area contributed by atoms with Crippen LogP contribution >= 0.6 is 8.25 Å². The molecular formula is C10H10NaO3P. The third-order valence-electron chi connectivity index (χ3n) is 1.66. The Hall–Kier alpha value is -0.150. The minimum absolute atomic E-state index is 0. The van der Waals surface area contributed by atoms with Gasteiger partial charge in [0.15, 0.2) is 0 Å². The molecule has 0 aliphatic carbocycles. The van der Waals surface area contributed by atoms with Crippen molar-refractivity contribution in [2.75, 3.05) is 0 Å². The van der Waals surface area contributed by atoms with Gasteiger partial charge in [-0.1, -0.05) is 48.5 Å². The van der Waals surface area contributed by atoms with Crippen molar-refractivity contribution in [3.63, 3.8) is 0 Å². The minimum atomic E-state index is -3.38. The molecule has 0 bridgehead atoms. The molecule has 1 N–H and O–H groups in total. The van der Waals surface area contributed by atoms with Crippen LogP contribution in [0.4, 0.5) is 0 Å². The molecule has 0 amide bonds. The largest absolute Gasteiger partial charge is 1.00 e. The van der Waals surface area contributed by atoms with Gasteiger partial charge in [0.1, 0.15) is 8.25 Å². The van der Waals surface area contributed by atoms with E-state index in [4.69, 9.17) is 14.4 Å². The third-order valence-corrected chi connectivity index (χ3v) is 1.66. The van der Waals surface area contributed by atoms with Gasteiger partial charge >= 0.3 is 29.6 Å². The second kappa shape index (κ2) is 8.05. The molecule has 74 valence electrons. The number of fused-ring (bicyclic) bond motifs is 1. The standard InChI is InChI=1S/C10H8.Na.H3O3P/c1-2-6-10-8-4-3-7-9(10)5-1;;1-4(2)3/h1-8H;;4H,(H2,1,2,3)/q;+1;/p-1. The zero-order valence-electron chi connectivity index (χ0n) is 8.38. The maximum atomic E-state index is 8.63. The van der Waals surface area contributed by atoms with Gasteiger partial charge in [-0.05, 0) is 10.8 Å². The van der Waals surface area contributed by atoms with E-state index in [-0.39, 0.29) is 29.6 Å². The van der Waals surface area contributed by atoms with Crippen molar-refractivity contribution in [3.8, 4) is 0 Å². The average Bonchev–Trinajstić information content (AvgIpc) is 2.17. The molecule has 0 fully saturated rings. The third kappa shape index (κ3) is 6.10. The molecule has 2 rings (SSSR count). The van der Waals surface area contributed by atoms with Crippen LogP contribution in [0.25, 0.3) is 10.8 Å². The smallest absolute Gasteiger partial charge is 0.781 e. The predicted octanol–water partition coefficient (Wildman–Crippen LogP) is -1.43. The molecule has 0 saturated carbocycles. The maximum Gasteiger partial charge on any atom is 1.00 e. The molecule has 0 saturated heterocycles. The summed E-state index contributed by atoms with van der Waals surface area (Å²) in [4.78, 5) is 15.7. The van der Waals surface area contributed by atoms with Crippen molar-refractivity contribution >= 4 is 19.0 Å². The fourth-order valence-electron chi connectivity index (χ4n) is 1.13. The Kier molecular flexibility index (Phi) is 7.97. The van der Waals surface area contributed by atoms with E-state index in [1.165, 1.54) is 10.8 Å². The molecule has 0 aromatic heterocycles. The summed E-state index contributed by atoms with van der Waals surface area (Å²) in [5.41, 5.74) is 0. The first-order chi connectivity index (χ1) is 6.70. The first-order valence-corrected chi connectivity index (χ1v) is 5.30. The number of rotatable bonds is 0. The Morgan fingerprint density at radius 2 is 1.13 bits per heavy atom. The van der Waals surface area contributed by atoms with Crippen molar-refractivity contribution < 1.29 is 43.9 Å². The molecule has 2 aromatic carbocycles. The Labute approximate surface area is 111 Å². The Balaban J connectivity index is 0.000000346. The van der Waals surface area contributed by atoms with Crippen LogP contribution in [-0.2, 0) is 4.57 Å². The Morgan fingerprint density at radius 1 is 0.933 bits per heavy atom. The number of hydrogen-bond donors (Lipinski definition) is 1. The van der Waals surface area contributed by atoms with Crippen LogP contribution in [0, 0.1) is 0 Å². The van der Waals surface area contributed by atoms with Crippen LogP contribution in [0.5, 0.6) is 0 Å². The van der Waals surface area contributed by atoms with Crippen LogP contribution in [-0.4, -0.2) is 4.89 Å². The van der Waals surface area contributed by atoms with Crippen molar-refractivity contribution in [1.82, 2.24) is 0 Å². The monoisotopic (exact) mass is 232 g/mol. The number of benzene rings is 2. The van der Waals surface area contributed by atoms with Gasteiger partial charge in [-0.2, -0.15) is 0 Å². The molecule has 3 nitrogen and oxygen atoms in total. The molecule has 15 heavy (non-hydrogen) atoms. The second-order valence-corrected chi connectivity index (χ2v) is 3.14. The first kappa shape index (κ1) is 14.8. The van der Waals surface area contributed by atoms with Gasteiger partial charge in [-0.15, -0.1) is 0 Å². The summed E-state index contributed by atoms with van der Waals surface area (Å²) in [6, 6.07) is 16.7. The van der Waals surface area contributed by atoms with Crippen LogP contribution in [0.2, 0.25) is 0 Å². The van der Waals surface area contributed by atoms with Crippen LogP contribution in [0.15, 0.2) is 48.5 Å². The molecule has 2 aromatic rings. The molecular weight excluding hydrogens is 222 g/mol. The summed E-state index contributed by atoms with van der Waals surface area (Å²) in [6.07, 6.45) is 0. The van der Waals surface area contributed by atoms with E-state index in [0.29, 0.717) is 0 Å². The van der Waals surface area contributed by atoms with E-state index in [2.05, 4.69) is 48.5 Å². The van der Waals surface area contributed by atoms with E-state index in [0.717, 1.165) is 0 Å². The van der Waals surface area contributed by atoms with E-state index in [1.807, 2.05) is 0 Å². The fraction of sp³-hybridized carbons (Fsp3) is 0. The van der Waals surface area contributed by atoms with E-state index < -0.39 is 8.25 Å². The minimum Gasteiger partial charge on any atom is -0.781 e. The molecule has 1 atom stereocenters. The van der Waals surface area contributed by atoms with Gasteiger partial charge in [-0.25, -0.2) is 0 Å². The van der Waals surface area contributed by atoms with E-state index in [9.17, 15) is 0 Å². The van der Waals surface area contributed by atoms with E-state index >= 15 is 0 Å². The normalized spacial score (nSPS) is 10.8. The van der Waals surface area contributed by atoms with Gasteiger partial charge in [0.05, 0.1) is 0 Å². The second-order valence-electron chi connectivity index (χ2n) is 2.61. The zero-order valence-corrected chi connectivity index (χ0v) is 11.4. The summed E-state index contributed by atoms with van der Waals surface area (Å²) in [7, 11) is -3.38. The van der Waals surface area contributed by atoms with Crippen molar-refractivity contribution in [1.29, 1.82) is 0 Å². The molecule has 0 aliphatic heterocycles. The first-order valence-electron chi connectivity index (χ1n) is 4.04. The zero-order chi connectivity index (χ0) is 10.4. The van der Waals surface area contributed by atoms with Crippen LogP contribution in [0.3, 0.4) is 0 Å². The summed E-state index contributed by atoms with van der Waals surface area (Å²) in [6.45, 7) is 0. The van der Waals surface area contributed by atoms with Crippen LogP contribution < -0.4 is 34.5 Å². The maximum absolute atomic E-state index is 8.63. The molecule has 5 heteroatoms. The molecule has 0 heterocycles. The summed E-state index contributed by atoms with van der Waals surface area (Å²) < 4.78 is 8.63. The summed E-state index contributed by atoms with van der Waals surface area (Å²) in [5, 5.41) is 2.62. The summed E-state index contributed by atoms with van der Waals surface area (Å²) in [5.74, 6) is 0. The average molecular weight is 232 g/mol. The predicted molar refractivity (Wildman–Crippen MR) is 55.2 cm³/mol.